The zero-order valence-electron chi connectivity index (χ0n) is 11.1. The highest BCUT2D eigenvalue weighted by molar-refractivity contribution is 5.94. The molecule has 2 N–H and O–H groups in total. The highest BCUT2D eigenvalue weighted by Crippen LogP contribution is 2.13. The number of carbonyl (C=O) groups is 1. The molecule has 0 aliphatic carbocycles. The normalized spacial score (nSPS) is 17.6. The molecule has 2 heterocycles. The predicted molar refractivity (Wildman–Crippen MR) is 81.2 cm³/mol. The minimum atomic E-state index is -0.575. The number of nitrogens with zero attached hydrogens (tertiary/aromatic N) is 1. The summed E-state index contributed by atoms with van der Waals surface area (Å²) in [6, 6.07) is 1.40. The molecule has 1 fully saturated rings. The highest BCUT2D eigenvalue weighted by Gasteiger charge is 2.14. The topological polar surface area (TPSA) is 54.0 Å². The van der Waals surface area contributed by atoms with Gasteiger partial charge in [0.25, 0.3) is 5.91 Å². The fourth-order valence-electron chi connectivity index (χ4n) is 2.21. The third kappa shape index (κ3) is 5.61. The number of pyridine rings is 1. The maximum Gasteiger partial charge on any atom is 0.254 e. The molecule has 4 nitrogen and oxygen atoms in total. The van der Waals surface area contributed by atoms with Crippen LogP contribution in [0.5, 0.6) is 0 Å². The standard InChI is InChI=1S/C13H18FN3O.2ClH/c14-12-9-16-6-4-11(12)13(18)17-7-3-10-2-1-5-15-8-10;;/h4,6,9-10,15H,1-3,5,7-8H2,(H,17,18);2*1H. The van der Waals surface area contributed by atoms with Gasteiger partial charge in [0.1, 0.15) is 0 Å². The van der Waals surface area contributed by atoms with Crippen LogP contribution in [0.4, 0.5) is 4.39 Å². The first kappa shape index (κ1) is 19.1. The molecule has 1 aliphatic rings. The molecule has 1 aromatic heterocycles. The van der Waals surface area contributed by atoms with Gasteiger partial charge in [-0.25, -0.2) is 4.39 Å². The van der Waals surface area contributed by atoms with Crippen molar-refractivity contribution in [1.29, 1.82) is 0 Å². The Bertz CT molecular complexity index is 414. The summed E-state index contributed by atoms with van der Waals surface area (Å²) in [6.07, 6.45) is 5.80. The molecule has 1 atom stereocenters. The van der Waals surface area contributed by atoms with Gasteiger partial charge in [-0.1, -0.05) is 0 Å². The van der Waals surface area contributed by atoms with Crippen molar-refractivity contribution in [2.45, 2.75) is 19.3 Å². The number of carbonyl (C=O) groups excluding carboxylic acids is 1. The first-order valence-corrected chi connectivity index (χ1v) is 6.36. The number of amides is 1. The van der Waals surface area contributed by atoms with Crippen molar-refractivity contribution in [2.24, 2.45) is 5.92 Å². The largest absolute Gasteiger partial charge is 0.352 e. The van der Waals surface area contributed by atoms with Crippen molar-refractivity contribution in [2.75, 3.05) is 19.6 Å². The molecule has 114 valence electrons. The van der Waals surface area contributed by atoms with Gasteiger partial charge in [-0.05, 0) is 44.3 Å². The molecule has 0 aromatic carbocycles. The minimum absolute atomic E-state index is 0. The number of hydrogen-bond donors (Lipinski definition) is 2. The molecule has 1 aliphatic heterocycles. The van der Waals surface area contributed by atoms with Crippen LogP contribution < -0.4 is 10.6 Å². The molecule has 0 spiro atoms. The van der Waals surface area contributed by atoms with E-state index in [0.717, 1.165) is 25.7 Å². The minimum Gasteiger partial charge on any atom is -0.352 e. The van der Waals surface area contributed by atoms with Crippen LogP contribution in [-0.4, -0.2) is 30.5 Å². The van der Waals surface area contributed by atoms with Crippen molar-refractivity contribution in [3.05, 3.63) is 29.8 Å². The molecule has 7 heteroatoms. The first-order valence-electron chi connectivity index (χ1n) is 6.36. The van der Waals surface area contributed by atoms with Gasteiger partial charge < -0.3 is 10.6 Å². The fourth-order valence-corrected chi connectivity index (χ4v) is 2.21. The van der Waals surface area contributed by atoms with E-state index >= 15 is 0 Å². The average molecular weight is 324 g/mol. The summed E-state index contributed by atoms with van der Waals surface area (Å²) in [6.45, 7) is 2.69. The van der Waals surface area contributed by atoms with Gasteiger partial charge >= 0.3 is 0 Å². The van der Waals surface area contributed by atoms with Gasteiger partial charge in [-0.15, -0.1) is 24.8 Å². The summed E-state index contributed by atoms with van der Waals surface area (Å²) in [4.78, 5) is 15.3. The Morgan fingerprint density at radius 3 is 2.95 bits per heavy atom. The SMILES string of the molecule is Cl.Cl.O=C(NCCC1CCCNC1)c1ccncc1F. The molecule has 1 saturated heterocycles. The summed E-state index contributed by atoms with van der Waals surface area (Å²) in [5.74, 6) is -0.325. The third-order valence-electron chi connectivity index (χ3n) is 3.25. The third-order valence-corrected chi connectivity index (χ3v) is 3.25. The van der Waals surface area contributed by atoms with Gasteiger partial charge in [0, 0.05) is 12.7 Å². The van der Waals surface area contributed by atoms with Crippen molar-refractivity contribution >= 4 is 30.7 Å². The number of piperidine rings is 1. The molecule has 1 aromatic rings. The Hall–Kier alpha value is -0.910. The molecular formula is C13H20Cl2FN3O. The zero-order chi connectivity index (χ0) is 12.8. The van der Waals surface area contributed by atoms with E-state index in [9.17, 15) is 9.18 Å². The van der Waals surface area contributed by atoms with Gasteiger partial charge in [0.05, 0.1) is 11.8 Å². The van der Waals surface area contributed by atoms with Crippen molar-refractivity contribution in [3.63, 3.8) is 0 Å². The van der Waals surface area contributed by atoms with Crippen LogP contribution in [0.3, 0.4) is 0 Å². The van der Waals surface area contributed by atoms with Crippen LogP contribution in [0, 0.1) is 11.7 Å². The maximum absolute atomic E-state index is 13.3. The van der Waals surface area contributed by atoms with E-state index in [0.29, 0.717) is 12.5 Å². The smallest absolute Gasteiger partial charge is 0.254 e. The van der Waals surface area contributed by atoms with Crippen LogP contribution in [0.25, 0.3) is 0 Å². The van der Waals surface area contributed by atoms with Crippen molar-refractivity contribution < 1.29 is 9.18 Å². The molecule has 20 heavy (non-hydrogen) atoms. The second kappa shape index (κ2) is 9.91. The Balaban J connectivity index is 0.00000180. The zero-order valence-corrected chi connectivity index (χ0v) is 12.7. The van der Waals surface area contributed by atoms with E-state index in [4.69, 9.17) is 0 Å². The molecule has 0 bridgehead atoms. The molecule has 2 rings (SSSR count). The Morgan fingerprint density at radius 1 is 1.50 bits per heavy atom. The number of rotatable bonds is 4. The lowest BCUT2D eigenvalue weighted by atomic mass is 9.96. The second-order valence-electron chi connectivity index (χ2n) is 4.61. The predicted octanol–water partition coefficient (Wildman–Crippen LogP) is 2.18. The maximum atomic E-state index is 13.3. The Morgan fingerprint density at radius 2 is 2.30 bits per heavy atom. The fraction of sp³-hybridized carbons (Fsp3) is 0.538. The summed E-state index contributed by atoms with van der Waals surface area (Å²) >= 11 is 0. The van der Waals surface area contributed by atoms with Gasteiger partial charge in [0.2, 0.25) is 0 Å². The molecular weight excluding hydrogens is 304 g/mol. The van der Waals surface area contributed by atoms with E-state index in [1.165, 1.54) is 25.1 Å². The average Bonchev–Trinajstić information content (AvgIpc) is 2.40. The summed E-state index contributed by atoms with van der Waals surface area (Å²) in [5.41, 5.74) is 0.0618. The number of aromatic nitrogens is 1. The van der Waals surface area contributed by atoms with Crippen LogP contribution in [0.15, 0.2) is 18.5 Å². The summed E-state index contributed by atoms with van der Waals surface area (Å²) in [5, 5.41) is 6.09. The van der Waals surface area contributed by atoms with E-state index in [2.05, 4.69) is 15.6 Å². The van der Waals surface area contributed by atoms with E-state index < -0.39 is 5.82 Å². The molecule has 0 radical (unpaired) electrons. The lowest BCUT2D eigenvalue weighted by Crippen LogP contribution is -2.33. The van der Waals surface area contributed by atoms with Gasteiger partial charge in [0.15, 0.2) is 5.82 Å². The highest BCUT2D eigenvalue weighted by atomic mass is 35.5. The van der Waals surface area contributed by atoms with E-state index in [1.54, 1.807) is 0 Å². The van der Waals surface area contributed by atoms with E-state index in [1.807, 2.05) is 0 Å². The molecule has 1 unspecified atom stereocenters. The van der Waals surface area contributed by atoms with Crippen molar-refractivity contribution in [1.82, 2.24) is 15.6 Å². The number of hydrogen-bond acceptors (Lipinski definition) is 3. The quantitative estimate of drug-likeness (QED) is 0.893. The Kier molecular flexibility index (Phi) is 9.46. The monoisotopic (exact) mass is 323 g/mol. The van der Waals surface area contributed by atoms with E-state index in [-0.39, 0.29) is 36.3 Å². The lowest BCUT2D eigenvalue weighted by Gasteiger charge is -2.22. The first-order chi connectivity index (χ1) is 8.77. The number of halogens is 3. The summed E-state index contributed by atoms with van der Waals surface area (Å²) in [7, 11) is 0. The van der Waals surface area contributed by atoms with Gasteiger partial charge in [-0.3, -0.25) is 9.78 Å². The molecule has 1 amide bonds. The van der Waals surface area contributed by atoms with Crippen LogP contribution in [0.2, 0.25) is 0 Å². The number of nitrogens with one attached hydrogen (secondary N) is 2. The van der Waals surface area contributed by atoms with Crippen molar-refractivity contribution in [3.8, 4) is 0 Å². The molecule has 0 saturated carbocycles. The second-order valence-corrected chi connectivity index (χ2v) is 4.61. The summed E-state index contributed by atoms with van der Waals surface area (Å²) < 4.78 is 13.3. The van der Waals surface area contributed by atoms with Crippen LogP contribution in [-0.2, 0) is 0 Å². The van der Waals surface area contributed by atoms with Crippen LogP contribution >= 0.6 is 24.8 Å². The van der Waals surface area contributed by atoms with Gasteiger partial charge in [-0.2, -0.15) is 0 Å². The lowest BCUT2D eigenvalue weighted by molar-refractivity contribution is 0.0946. The Labute approximate surface area is 130 Å². The van der Waals surface area contributed by atoms with Crippen LogP contribution in [0.1, 0.15) is 29.6 Å².